The molecule has 2 unspecified atom stereocenters. The normalized spacial score (nSPS) is 24.8. The molecule has 0 aliphatic carbocycles. The number of hydrogen-bond acceptors (Lipinski definition) is 3. The summed E-state index contributed by atoms with van der Waals surface area (Å²) in [7, 11) is -3.67. The van der Waals surface area contributed by atoms with E-state index in [9.17, 15) is 12.8 Å². The fourth-order valence-electron chi connectivity index (χ4n) is 2.45. The number of nitrogens with zero attached hydrogens (tertiary/aromatic N) is 1. The van der Waals surface area contributed by atoms with Crippen molar-refractivity contribution >= 4 is 31.6 Å². The number of halogens is 2. The molecule has 1 saturated heterocycles. The average molecular weight is 365 g/mol. The number of sulfonamides is 1. The first-order chi connectivity index (χ1) is 9.23. The Morgan fingerprint density at radius 1 is 1.35 bits per heavy atom. The first-order valence-electron chi connectivity index (χ1n) is 6.50. The number of piperidine rings is 1. The molecule has 1 aromatic rings. The molecule has 2 rings (SSSR count). The van der Waals surface area contributed by atoms with Crippen LogP contribution in [0.1, 0.15) is 26.7 Å². The van der Waals surface area contributed by atoms with E-state index in [1.165, 1.54) is 10.4 Å². The van der Waals surface area contributed by atoms with Gasteiger partial charge in [-0.2, -0.15) is 4.31 Å². The first-order valence-corrected chi connectivity index (χ1v) is 8.73. The van der Waals surface area contributed by atoms with E-state index in [1.54, 1.807) is 0 Å². The van der Waals surface area contributed by atoms with Crippen molar-refractivity contribution in [1.82, 2.24) is 4.31 Å². The van der Waals surface area contributed by atoms with Crippen molar-refractivity contribution in [3.63, 3.8) is 0 Å². The van der Waals surface area contributed by atoms with Gasteiger partial charge in [-0.05, 0) is 53.7 Å². The van der Waals surface area contributed by atoms with Crippen molar-refractivity contribution in [1.29, 1.82) is 0 Å². The highest BCUT2D eigenvalue weighted by Crippen LogP contribution is 2.33. The van der Waals surface area contributed by atoms with E-state index in [0.29, 0.717) is 12.5 Å². The number of rotatable bonds is 2. The highest BCUT2D eigenvalue weighted by Gasteiger charge is 2.34. The van der Waals surface area contributed by atoms with E-state index < -0.39 is 15.8 Å². The van der Waals surface area contributed by atoms with Crippen molar-refractivity contribution in [2.24, 2.45) is 5.92 Å². The van der Waals surface area contributed by atoms with Gasteiger partial charge in [0.05, 0.1) is 10.6 Å². The van der Waals surface area contributed by atoms with Gasteiger partial charge >= 0.3 is 0 Å². The second-order valence-corrected chi connectivity index (χ2v) is 8.12. The number of nitrogen functional groups attached to an aromatic ring is 1. The van der Waals surface area contributed by atoms with E-state index in [-0.39, 0.29) is 21.1 Å². The third kappa shape index (κ3) is 2.84. The lowest BCUT2D eigenvalue weighted by Gasteiger charge is -2.35. The quantitative estimate of drug-likeness (QED) is 0.820. The Hall–Kier alpha value is -0.660. The summed E-state index contributed by atoms with van der Waals surface area (Å²) in [5.41, 5.74) is 5.34. The van der Waals surface area contributed by atoms with Crippen molar-refractivity contribution < 1.29 is 12.8 Å². The molecule has 1 heterocycles. The smallest absolute Gasteiger partial charge is 0.244 e. The van der Waals surface area contributed by atoms with Crippen LogP contribution in [-0.4, -0.2) is 25.3 Å². The molecule has 0 aromatic heterocycles. The zero-order valence-electron chi connectivity index (χ0n) is 11.4. The van der Waals surface area contributed by atoms with E-state index in [1.807, 2.05) is 13.8 Å². The summed E-state index contributed by atoms with van der Waals surface area (Å²) in [5.74, 6) is -0.312. The lowest BCUT2D eigenvalue weighted by atomic mass is 9.97. The van der Waals surface area contributed by atoms with Gasteiger partial charge in [0.15, 0.2) is 0 Å². The summed E-state index contributed by atoms with van der Waals surface area (Å²) in [5, 5.41) is 0. The lowest BCUT2D eigenvalue weighted by Crippen LogP contribution is -2.44. The fourth-order valence-corrected chi connectivity index (χ4v) is 5.24. The van der Waals surface area contributed by atoms with Gasteiger partial charge in [0.1, 0.15) is 5.82 Å². The van der Waals surface area contributed by atoms with Gasteiger partial charge in [0.25, 0.3) is 0 Å². The molecule has 1 fully saturated rings. The second kappa shape index (κ2) is 5.61. The molecule has 1 aromatic carbocycles. The Kier molecular flexibility index (Phi) is 4.41. The zero-order valence-corrected chi connectivity index (χ0v) is 13.8. The average Bonchev–Trinajstić information content (AvgIpc) is 2.36. The predicted molar refractivity (Wildman–Crippen MR) is 80.3 cm³/mol. The Labute approximate surface area is 127 Å². The number of benzene rings is 1. The van der Waals surface area contributed by atoms with Crippen molar-refractivity contribution in [3.8, 4) is 0 Å². The van der Waals surface area contributed by atoms with Gasteiger partial charge in [0.2, 0.25) is 10.0 Å². The van der Waals surface area contributed by atoms with Crippen molar-refractivity contribution in [2.45, 2.75) is 37.6 Å². The molecule has 7 heteroatoms. The lowest BCUT2D eigenvalue weighted by molar-refractivity contribution is 0.218. The van der Waals surface area contributed by atoms with Crippen LogP contribution in [0.5, 0.6) is 0 Å². The third-order valence-electron chi connectivity index (χ3n) is 3.70. The standard InChI is InChI=1S/C13H18BrFN2O2S/c1-8-3-4-9(2)17(7-8)20(18,19)13-6-12(16)11(15)5-10(13)14/h5-6,8-9H,3-4,7,16H2,1-2H3. The van der Waals surface area contributed by atoms with Crippen LogP contribution in [0, 0.1) is 11.7 Å². The molecule has 112 valence electrons. The van der Waals surface area contributed by atoms with Gasteiger partial charge in [-0.3, -0.25) is 0 Å². The minimum Gasteiger partial charge on any atom is -0.396 e. The molecular formula is C13H18BrFN2O2S. The molecule has 0 spiro atoms. The molecule has 1 aliphatic heterocycles. The van der Waals surface area contributed by atoms with Crippen LogP contribution in [0.25, 0.3) is 0 Å². The van der Waals surface area contributed by atoms with E-state index in [2.05, 4.69) is 15.9 Å². The maximum Gasteiger partial charge on any atom is 0.244 e. The first kappa shape index (κ1) is 15.7. The molecule has 1 aliphatic rings. The van der Waals surface area contributed by atoms with Gasteiger partial charge in [0, 0.05) is 17.1 Å². The van der Waals surface area contributed by atoms with Gasteiger partial charge in [-0.25, -0.2) is 12.8 Å². The Bertz CT molecular complexity index is 621. The monoisotopic (exact) mass is 364 g/mol. The third-order valence-corrected chi connectivity index (χ3v) is 6.64. The highest BCUT2D eigenvalue weighted by molar-refractivity contribution is 9.10. The number of anilines is 1. The van der Waals surface area contributed by atoms with Crippen LogP contribution in [-0.2, 0) is 10.0 Å². The molecule has 0 bridgehead atoms. The fraction of sp³-hybridized carbons (Fsp3) is 0.538. The zero-order chi connectivity index (χ0) is 15.1. The minimum absolute atomic E-state index is 0.0253. The second-order valence-electron chi connectivity index (χ2n) is 5.41. The topological polar surface area (TPSA) is 63.4 Å². The molecule has 20 heavy (non-hydrogen) atoms. The maximum atomic E-state index is 13.4. The Balaban J connectivity index is 2.47. The van der Waals surface area contributed by atoms with Crippen LogP contribution in [0.3, 0.4) is 0 Å². The van der Waals surface area contributed by atoms with Gasteiger partial charge in [-0.1, -0.05) is 6.92 Å². The number of nitrogens with two attached hydrogens (primary N) is 1. The minimum atomic E-state index is -3.67. The van der Waals surface area contributed by atoms with E-state index in [4.69, 9.17) is 5.73 Å². The van der Waals surface area contributed by atoms with Crippen LogP contribution >= 0.6 is 15.9 Å². The summed E-state index contributed by atoms with van der Waals surface area (Å²) in [6.45, 7) is 4.40. The number of hydrogen-bond donors (Lipinski definition) is 1. The SMILES string of the molecule is CC1CCC(C)N(S(=O)(=O)c2cc(N)c(F)cc2Br)C1. The van der Waals surface area contributed by atoms with Gasteiger partial charge < -0.3 is 5.73 Å². The largest absolute Gasteiger partial charge is 0.396 e. The molecule has 2 atom stereocenters. The molecule has 4 nitrogen and oxygen atoms in total. The van der Waals surface area contributed by atoms with E-state index in [0.717, 1.165) is 18.9 Å². The molecular weight excluding hydrogens is 347 g/mol. The summed E-state index contributed by atoms with van der Waals surface area (Å²) >= 11 is 3.12. The Morgan fingerprint density at radius 3 is 2.65 bits per heavy atom. The summed E-state index contributed by atoms with van der Waals surface area (Å²) < 4.78 is 40.5. The van der Waals surface area contributed by atoms with Crippen molar-refractivity contribution in [3.05, 3.63) is 22.4 Å². The molecule has 0 radical (unpaired) electrons. The van der Waals surface area contributed by atoms with Gasteiger partial charge in [-0.15, -0.1) is 0 Å². The summed E-state index contributed by atoms with van der Waals surface area (Å²) in [6.07, 6.45) is 1.84. The maximum absolute atomic E-state index is 13.4. The summed E-state index contributed by atoms with van der Waals surface area (Å²) in [4.78, 5) is 0.0253. The van der Waals surface area contributed by atoms with Crippen LogP contribution < -0.4 is 5.73 Å². The van der Waals surface area contributed by atoms with Crippen LogP contribution in [0.15, 0.2) is 21.5 Å². The molecule has 0 amide bonds. The highest BCUT2D eigenvalue weighted by atomic mass is 79.9. The summed E-state index contributed by atoms with van der Waals surface area (Å²) in [6, 6.07) is 2.22. The van der Waals surface area contributed by atoms with Crippen molar-refractivity contribution in [2.75, 3.05) is 12.3 Å². The van der Waals surface area contributed by atoms with E-state index >= 15 is 0 Å². The predicted octanol–water partition coefficient (Wildman–Crippen LogP) is 2.98. The van der Waals surface area contributed by atoms with Crippen LogP contribution in [0.4, 0.5) is 10.1 Å². The molecule has 0 saturated carbocycles. The molecule has 2 N–H and O–H groups in total. The Morgan fingerprint density at radius 2 is 2.00 bits per heavy atom. The van der Waals surface area contributed by atoms with Crippen LogP contribution in [0.2, 0.25) is 0 Å².